The molecule has 4 nitrogen and oxygen atoms in total. The molecule has 3 rings (SSSR count). The maximum absolute atomic E-state index is 12.0. The molecule has 2 aromatic rings. The fourth-order valence-corrected chi connectivity index (χ4v) is 2.97. The van der Waals surface area contributed by atoms with Gasteiger partial charge in [0, 0.05) is 25.7 Å². The summed E-state index contributed by atoms with van der Waals surface area (Å²) in [4.78, 5) is 14.4. The average Bonchev–Trinajstić information content (AvgIpc) is 3.04. The topological polar surface area (TPSA) is 45.5 Å². The average molecular weight is 298 g/mol. The van der Waals surface area contributed by atoms with Crippen molar-refractivity contribution in [2.75, 3.05) is 13.1 Å². The monoisotopic (exact) mass is 298 g/mol. The Labute approximate surface area is 131 Å². The van der Waals surface area contributed by atoms with E-state index in [0.29, 0.717) is 5.76 Å². The summed E-state index contributed by atoms with van der Waals surface area (Å²) in [6, 6.07) is 12.3. The van der Waals surface area contributed by atoms with Gasteiger partial charge in [0.15, 0.2) is 5.76 Å². The van der Waals surface area contributed by atoms with Crippen molar-refractivity contribution in [1.29, 1.82) is 0 Å². The highest BCUT2D eigenvalue weighted by molar-refractivity contribution is 5.91. The summed E-state index contributed by atoms with van der Waals surface area (Å²) in [5.74, 6) is 0.282. The number of hydrogen-bond donors (Lipinski definition) is 1. The van der Waals surface area contributed by atoms with E-state index < -0.39 is 0 Å². The second-order valence-corrected chi connectivity index (χ2v) is 5.99. The smallest absolute Gasteiger partial charge is 0.287 e. The second kappa shape index (κ2) is 6.79. The maximum Gasteiger partial charge on any atom is 0.287 e. The van der Waals surface area contributed by atoms with Crippen molar-refractivity contribution >= 4 is 5.91 Å². The molecule has 1 amide bonds. The predicted molar refractivity (Wildman–Crippen MR) is 85.7 cm³/mol. The Morgan fingerprint density at radius 3 is 2.77 bits per heavy atom. The standard InChI is InChI=1S/C18H22N2O2/c1-14-4-2-5-15(12-14)13-20-9-7-16(8-10-20)19-18(21)17-6-3-11-22-17/h2-6,11-12,16H,7-10,13H2,1H3,(H,19,21). The van der Waals surface area contributed by atoms with Gasteiger partial charge in [0.25, 0.3) is 5.91 Å². The Kier molecular flexibility index (Phi) is 4.59. The van der Waals surface area contributed by atoms with Gasteiger partial charge in [-0.15, -0.1) is 0 Å². The zero-order valence-corrected chi connectivity index (χ0v) is 12.9. The van der Waals surface area contributed by atoms with E-state index in [1.54, 1.807) is 12.1 Å². The van der Waals surface area contributed by atoms with Crippen molar-refractivity contribution < 1.29 is 9.21 Å². The number of benzene rings is 1. The molecule has 0 spiro atoms. The summed E-state index contributed by atoms with van der Waals surface area (Å²) >= 11 is 0. The first-order chi connectivity index (χ1) is 10.7. The van der Waals surface area contributed by atoms with Gasteiger partial charge in [-0.3, -0.25) is 9.69 Å². The Hall–Kier alpha value is -2.07. The van der Waals surface area contributed by atoms with Crippen molar-refractivity contribution in [3.8, 4) is 0 Å². The molecular formula is C18H22N2O2. The predicted octanol–water partition coefficient (Wildman–Crippen LogP) is 2.98. The first-order valence-corrected chi connectivity index (χ1v) is 7.83. The number of carbonyl (C=O) groups excluding carboxylic acids is 1. The van der Waals surface area contributed by atoms with E-state index in [9.17, 15) is 4.79 Å². The molecule has 1 aromatic carbocycles. The van der Waals surface area contributed by atoms with Crippen LogP contribution >= 0.6 is 0 Å². The van der Waals surface area contributed by atoms with Crippen LogP contribution < -0.4 is 5.32 Å². The Bertz CT molecular complexity index is 614. The van der Waals surface area contributed by atoms with E-state index in [0.717, 1.165) is 32.5 Å². The molecule has 0 unspecified atom stereocenters. The third kappa shape index (κ3) is 3.77. The van der Waals surface area contributed by atoms with Crippen LogP contribution in [0.15, 0.2) is 47.1 Å². The molecule has 0 bridgehead atoms. The van der Waals surface area contributed by atoms with Gasteiger partial charge >= 0.3 is 0 Å². The van der Waals surface area contributed by atoms with Gasteiger partial charge in [-0.05, 0) is 37.5 Å². The highest BCUT2D eigenvalue weighted by Gasteiger charge is 2.21. The fraction of sp³-hybridized carbons (Fsp3) is 0.389. The molecule has 1 aliphatic heterocycles. The lowest BCUT2D eigenvalue weighted by molar-refractivity contribution is 0.0881. The fourth-order valence-electron chi connectivity index (χ4n) is 2.97. The Balaban J connectivity index is 1.47. The zero-order valence-electron chi connectivity index (χ0n) is 12.9. The number of piperidine rings is 1. The van der Waals surface area contributed by atoms with Crippen LogP contribution in [0.25, 0.3) is 0 Å². The van der Waals surface area contributed by atoms with Gasteiger partial charge in [0.1, 0.15) is 0 Å². The van der Waals surface area contributed by atoms with Crippen molar-refractivity contribution in [3.63, 3.8) is 0 Å². The number of nitrogens with one attached hydrogen (secondary N) is 1. The van der Waals surface area contributed by atoms with Gasteiger partial charge in [0.05, 0.1) is 6.26 Å². The van der Waals surface area contributed by atoms with E-state index in [4.69, 9.17) is 4.42 Å². The van der Waals surface area contributed by atoms with Crippen molar-refractivity contribution in [2.45, 2.75) is 32.4 Å². The van der Waals surface area contributed by atoms with Gasteiger partial charge in [-0.1, -0.05) is 29.8 Å². The second-order valence-electron chi connectivity index (χ2n) is 5.99. The largest absolute Gasteiger partial charge is 0.459 e. The summed E-state index contributed by atoms with van der Waals surface area (Å²) in [7, 11) is 0. The van der Waals surface area contributed by atoms with Crippen molar-refractivity contribution in [2.24, 2.45) is 0 Å². The summed E-state index contributed by atoms with van der Waals surface area (Å²) in [6.07, 6.45) is 3.50. The molecule has 1 aliphatic rings. The third-order valence-corrected chi connectivity index (χ3v) is 4.16. The summed E-state index contributed by atoms with van der Waals surface area (Å²) in [5.41, 5.74) is 2.66. The van der Waals surface area contributed by atoms with Gasteiger partial charge in [0.2, 0.25) is 0 Å². The molecule has 0 saturated carbocycles. The molecule has 4 heteroatoms. The summed E-state index contributed by atoms with van der Waals surface area (Å²) < 4.78 is 5.13. The Morgan fingerprint density at radius 1 is 1.27 bits per heavy atom. The quantitative estimate of drug-likeness (QED) is 0.944. The van der Waals surface area contributed by atoms with Crippen LogP contribution in [0.1, 0.15) is 34.5 Å². The molecule has 116 valence electrons. The summed E-state index contributed by atoms with van der Waals surface area (Å²) in [6.45, 7) is 5.13. The number of rotatable bonds is 4. The van der Waals surface area contributed by atoms with Crippen LogP contribution in [0.2, 0.25) is 0 Å². The van der Waals surface area contributed by atoms with Crippen LogP contribution in [0.3, 0.4) is 0 Å². The molecule has 1 N–H and O–H groups in total. The van der Waals surface area contributed by atoms with E-state index >= 15 is 0 Å². The molecular weight excluding hydrogens is 276 g/mol. The van der Waals surface area contributed by atoms with E-state index in [-0.39, 0.29) is 11.9 Å². The normalized spacial score (nSPS) is 16.6. The molecule has 2 heterocycles. The van der Waals surface area contributed by atoms with Crippen molar-refractivity contribution in [1.82, 2.24) is 10.2 Å². The molecule has 1 fully saturated rings. The molecule has 0 atom stereocenters. The first-order valence-electron chi connectivity index (χ1n) is 7.83. The minimum Gasteiger partial charge on any atom is -0.459 e. The lowest BCUT2D eigenvalue weighted by Crippen LogP contribution is -2.44. The number of aryl methyl sites for hydroxylation is 1. The molecule has 0 radical (unpaired) electrons. The van der Waals surface area contributed by atoms with E-state index in [1.807, 2.05) is 0 Å². The highest BCUT2D eigenvalue weighted by atomic mass is 16.3. The van der Waals surface area contributed by atoms with Gasteiger partial charge in [-0.25, -0.2) is 0 Å². The lowest BCUT2D eigenvalue weighted by atomic mass is 10.0. The van der Waals surface area contributed by atoms with Crippen LogP contribution in [0.4, 0.5) is 0 Å². The van der Waals surface area contributed by atoms with Crippen LogP contribution in [-0.4, -0.2) is 29.9 Å². The molecule has 22 heavy (non-hydrogen) atoms. The number of carbonyl (C=O) groups is 1. The van der Waals surface area contributed by atoms with Gasteiger partial charge < -0.3 is 9.73 Å². The molecule has 1 saturated heterocycles. The van der Waals surface area contributed by atoms with Crippen LogP contribution in [0, 0.1) is 6.92 Å². The molecule has 0 aliphatic carbocycles. The number of likely N-dealkylation sites (tertiary alicyclic amines) is 1. The number of amides is 1. The van der Waals surface area contributed by atoms with E-state index in [1.165, 1.54) is 17.4 Å². The van der Waals surface area contributed by atoms with Gasteiger partial charge in [-0.2, -0.15) is 0 Å². The lowest BCUT2D eigenvalue weighted by Gasteiger charge is -2.32. The highest BCUT2D eigenvalue weighted by Crippen LogP contribution is 2.15. The number of furan rings is 1. The Morgan fingerprint density at radius 2 is 2.09 bits per heavy atom. The van der Waals surface area contributed by atoms with Crippen LogP contribution in [0.5, 0.6) is 0 Å². The number of nitrogens with zero attached hydrogens (tertiary/aromatic N) is 1. The van der Waals surface area contributed by atoms with Crippen LogP contribution in [-0.2, 0) is 6.54 Å². The number of hydrogen-bond acceptors (Lipinski definition) is 3. The summed E-state index contributed by atoms with van der Waals surface area (Å²) in [5, 5.41) is 3.06. The zero-order chi connectivity index (χ0) is 15.4. The minimum atomic E-state index is -0.109. The van der Waals surface area contributed by atoms with Crippen molar-refractivity contribution in [3.05, 3.63) is 59.5 Å². The maximum atomic E-state index is 12.0. The molecule has 1 aromatic heterocycles. The van der Waals surface area contributed by atoms with E-state index in [2.05, 4.69) is 41.4 Å². The minimum absolute atomic E-state index is 0.109. The third-order valence-electron chi connectivity index (χ3n) is 4.16. The first kappa shape index (κ1) is 14.9. The SMILES string of the molecule is Cc1cccc(CN2CCC(NC(=O)c3ccco3)CC2)c1.